The minimum Gasteiger partial charge on any atom is -0.133 e. The maximum absolute atomic E-state index is 5.40. The van der Waals surface area contributed by atoms with E-state index in [4.69, 9.17) is 34.8 Å². The van der Waals surface area contributed by atoms with Gasteiger partial charge in [-0.2, -0.15) is 0 Å². The lowest BCUT2D eigenvalue weighted by Gasteiger charge is -2.05. The van der Waals surface area contributed by atoms with Gasteiger partial charge in [-0.3, -0.25) is 0 Å². The van der Waals surface area contributed by atoms with Gasteiger partial charge in [-0.15, -0.1) is 15.0 Å². The van der Waals surface area contributed by atoms with E-state index in [1.54, 1.807) is 6.92 Å². The summed E-state index contributed by atoms with van der Waals surface area (Å²) in [6.45, 7) is 1.65. The number of halogens is 3. The topological polar surface area (TPSA) is 43.6 Å². The molecular formula is C3H3Cl3N4. The summed E-state index contributed by atoms with van der Waals surface area (Å²) in [6.07, 6.45) is 0. The van der Waals surface area contributed by atoms with Crippen molar-refractivity contribution in [3.63, 3.8) is 0 Å². The number of aryl methyl sites for hydroxylation is 1. The van der Waals surface area contributed by atoms with Crippen molar-refractivity contribution in [3.8, 4) is 0 Å². The molecule has 0 bridgehead atoms. The van der Waals surface area contributed by atoms with Gasteiger partial charge in [0.05, 0.1) is 0 Å². The normalized spacial score (nSPS) is 12.0. The quantitative estimate of drug-likeness (QED) is 0.594. The lowest BCUT2D eigenvalue weighted by Crippen LogP contribution is -2.16. The molecule has 0 saturated carbocycles. The monoisotopic (exact) mass is 200 g/mol. The van der Waals surface area contributed by atoms with Gasteiger partial charge in [0.2, 0.25) is 0 Å². The number of aromatic nitrogens is 4. The zero-order valence-corrected chi connectivity index (χ0v) is 7.19. The first-order valence-corrected chi connectivity index (χ1v) is 3.47. The second-order valence-electron chi connectivity index (χ2n) is 1.59. The largest absolute Gasteiger partial charge is 0.305 e. The van der Waals surface area contributed by atoms with Gasteiger partial charge in [0.1, 0.15) is 0 Å². The average Bonchev–Trinajstić information content (AvgIpc) is 2.11. The summed E-state index contributed by atoms with van der Waals surface area (Å²) in [5.41, 5.74) is 0. The Morgan fingerprint density at radius 3 is 2.20 bits per heavy atom. The van der Waals surface area contributed by atoms with Crippen molar-refractivity contribution in [3.05, 3.63) is 5.82 Å². The van der Waals surface area contributed by atoms with Crippen LogP contribution in [0.3, 0.4) is 0 Å². The van der Waals surface area contributed by atoms with E-state index in [0.29, 0.717) is 5.82 Å². The van der Waals surface area contributed by atoms with Crippen LogP contribution in [0.15, 0.2) is 0 Å². The molecule has 1 aromatic heterocycles. The summed E-state index contributed by atoms with van der Waals surface area (Å²) >= 11 is 16.2. The third-order valence-electron chi connectivity index (χ3n) is 0.740. The van der Waals surface area contributed by atoms with Crippen LogP contribution in [0.2, 0.25) is 0 Å². The van der Waals surface area contributed by atoms with Gasteiger partial charge in [-0.25, -0.2) is 0 Å². The molecule has 0 atom stereocenters. The molecule has 1 heterocycles. The average molecular weight is 201 g/mol. The van der Waals surface area contributed by atoms with Gasteiger partial charge in [0, 0.05) is 0 Å². The van der Waals surface area contributed by atoms with Crippen LogP contribution in [0.25, 0.3) is 0 Å². The molecular weight excluding hydrogens is 198 g/mol. The fourth-order valence-corrected chi connectivity index (χ4v) is 0.606. The van der Waals surface area contributed by atoms with E-state index >= 15 is 0 Å². The van der Waals surface area contributed by atoms with E-state index in [1.165, 1.54) is 0 Å². The summed E-state index contributed by atoms with van der Waals surface area (Å²) in [5.74, 6) is 0.464. The number of hydrogen-bond donors (Lipinski definition) is 0. The van der Waals surface area contributed by atoms with Crippen molar-refractivity contribution in [1.29, 1.82) is 0 Å². The highest BCUT2D eigenvalue weighted by Gasteiger charge is 2.25. The van der Waals surface area contributed by atoms with Crippen LogP contribution in [0.5, 0.6) is 0 Å². The van der Waals surface area contributed by atoms with Crippen LogP contribution in [-0.4, -0.2) is 20.2 Å². The molecule has 1 rings (SSSR count). The molecule has 0 radical (unpaired) electrons. The molecule has 0 fully saturated rings. The Bertz CT molecular complexity index is 226. The maximum atomic E-state index is 5.40. The molecule has 0 aliphatic rings. The van der Waals surface area contributed by atoms with Gasteiger partial charge in [-0.05, 0) is 12.1 Å². The number of tetrazole rings is 1. The number of rotatable bonds is 0. The van der Waals surface area contributed by atoms with E-state index in [1.807, 2.05) is 0 Å². The third-order valence-corrected chi connectivity index (χ3v) is 1.19. The molecule has 56 valence electrons. The lowest BCUT2D eigenvalue weighted by molar-refractivity contribution is 0.558. The fraction of sp³-hybridized carbons (Fsp3) is 0.667. The first-order chi connectivity index (χ1) is 4.50. The first kappa shape index (κ1) is 8.04. The van der Waals surface area contributed by atoms with E-state index in [2.05, 4.69) is 15.4 Å². The summed E-state index contributed by atoms with van der Waals surface area (Å²) < 4.78 is -1.64. The molecule has 0 aromatic carbocycles. The lowest BCUT2D eigenvalue weighted by atomic mass is 10.8. The molecule has 0 spiro atoms. The summed E-state index contributed by atoms with van der Waals surface area (Å²) in [6, 6.07) is 0. The van der Waals surface area contributed by atoms with Crippen LogP contribution < -0.4 is 0 Å². The summed E-state index contributed by atoms with van der Waals surface area (Å²) in [5, 5.41) is 10.7. The van der Waals surface area contributed by atoms with Crippen LogP contribution in [0.1, 0.15) is 5.82 Å². The minimum atomic E-state index is -1.64. The van der Waals surface area contributed by atoms with Gasteiger partial charge in [0.15, 0.2) is 5.82 Å². The van der Waals surface area contributed by atoms with Crippen molar-refractivity contribution in [1.82, 2.24) is 20.2 Å². The number of alkyl halides is 3. The third kappa shape index (κ3) is 1.71. The van der Waals surface area contributed by atoms with Crippen molar-refractivity contribution >= 4 is 34.8 Å². The first-order valence-electron chi connectivity index (χ1n) is 2.34. The van der Waals surface area contributed by atoms with Crippen molar-refractivity contribution in [2.75, 3.05) is 0 Å². The molecule has 1 aromatic rings. The summed E-state index contributed by atoms with van der Waals surface area (Å²) in [4.78, 5) is 0.910. The SMILES string of the molecule is Cc1nnn(C(Cl)(Cl)Cl)n1. The summed E-state index contributed by atoms with van der Waals surface area (Å²) in [7, 11) is 0. The highest BCUT2D eigenvalue weighted by atomic mass is 35.6. The van der Waals surface area contributed by atoms with E-state index in [9.17, 15) is 0 Å². The van der Waals surface area contributed by atoms with E-state index < -0.39 is 3.92 Å². The zero-order valence-electron chi connectivity index (χ0n) is 4.92. The Morgan fingerprint density at radius 2 is 2.00 bits per heavy atom. The highest BCUT2D eigenvalue weighted by molar-refractivity contribution is 6.64. The molecule has 0 N–H and O–H groups in total. The van der Waals surface area contributed by atoms with Gasteiger partial charge in [0.25, 0.3) is 0 Å². The smallest absolute Gasteiger partial charge is 0.133 e. The number of hydrogen-bond acceptors (Lipinski definition) is 3. The van der Waals surface area contributed by atoms with E-state index in [-0.39, 0.29) is 0 Å². The van der Waals surface area contributed by atoms with Gasteiger partial charge >= 0.3 is 3.92 Å². The molecule has 0 aliphatic heterocycles. The molecule has 0 aliphatic carbocycles. The van der Waals surface area contributed by atoms with Gasteiger partial charge in [-0.1, -0.05) is 34.8 Å². The van der Waals surface area contributed by atoms with Crippen molar-refractivity contribution in [2.24, 2.45) is 0 Å². The molecule has 0 unspecified atom stereocenters. The molecule has 0 amide bonds. The Morgan fingerprint density at radius 1 is 1.40 bits per heavy atom. The highest BCUT2D eigenvalue weighted by Crippen LogP contribution is 2.29. The van der Waals surface area contributed by atoms with Crippen molar-refractivity contribution < 1.29 is 0 Å². The predicted octanol–water partition coefficient (Wildman–Crippen LogP) is 1.27. The minimum absolute atomic E-state index is 0.464. The Kier molecular flexibility index (Phi) is 2.03. The Labute approximate surface area is 72.1 Å². The zero-order chi connectivity index (χ0) is 7.78. The molecule has 0 saturated heterocycles. The van der Waals surface area contributed by atoms with Crippen LogP contribution in [0, 0.1) is 6.92 Å². The predicted molar refractivity (Wildman–Crippen MR) is 38.1 cm³/mol. The number of nitrogens with zero attached hydrogens (tertiary/aromatic N) is 4. The molecule has 7 heteroatoms. The fourth-order valence-electron chi connectivity index (χ4n) is 0.392. The Balaban J connectivity index is 2.96. The van der Waals surface area contributed by atoms with E-state index in [0.717, 1.165) is 4.80 Å². The molecule has 4 nitrogen and oxygen atoms in total. The van der Waals surface area contributed by atoms with Crippen LogP contribution in [-0.2, 0) is 3.92 Å². The maximum Gasteiger partial charge on any atom is 0.305 e. The second-order valence-corrected chi connectivity index (χ2v) is 3.82. The van der Waals surface area contributed by atoms with Crippen LogP contribution in [0.4, 0.5) is 0 Å². The van der Waals surface area contributed by atoms with Gasteiger partial charge < -0.3 is 0 Å². The second kappa shape index (κ2) is 2.53. The van der Waals surface area contributed by atoms with Crippen LogP contribution >= 0.6 is 34.8 Å². The molecule has 10 heavy (non-hydrogen) atoms. The Hall–Kier alpha value is -0.0600. The standard InChI is InChI=1S/C3H3Cl3N4/c1-2-7-9-10(8-2)3(4,5)6/h1H3. The van der Waals surface area contributed by atoms with Crippen molar-refractivity contribution in [2.45, 2.75) is 10.8 Å².